The van der Waals surface area contributed by atoms with Crippen LogP contribution >= 0.6 is 15.9 Å². The van der Waals surface area contributed by atoms with Gasteiger partial charge in [0, 0.05) is 0 Å². The minimum Gasteiger partial charge on any atom is -0.330 e. The van der Waals surface area contributed by atoms with Crippen molar-refractivity contribution in [1.82, 2.24) is 0 Å². The normalized spacial score (nSPS) is 10.6. The molecule has 0 fully saturated rings. The second-order valence-corrected chi connectivity index (χ2v) is 4.21. The van der Waals surface area contributed by atoms with Crippen LogP contribution in [0.5, 0.6) is 0 Å². The largest absolute Gasteiger partial charge is 0.330 e. The predicted octanol–water partition coefficient (Wildman–Crippen LogP) is 3.18. The fourth-order valence-corrected chi connectivity index (χ4v) is 1.98. The summed E-state index contributed by atoms with van der Waals surface area (Å²) in [5.74, 6) is -0.143. The Morgan fingerprint density at radius 2 is 2.07 bits per heavy atom. The molecule has 14 heavy (non-hydrogen) atoms. The first-order valence-electron chi connectivity index (χ1n) is 4.80. The van der Waals surface area contributed by atoms with Crippen LogP contribution in [0.25, 0.3) is 0 Å². The zero-order valence-electron chi connectivity index (χ0n) is 8.32. The molecule has 1 nitrogen and oxygen atoms in total. The molecule has 0 unspecified atom stereocenters. The Morgan fingerprint density at radius 1 is 1.36 bits per heavy atom. The first-order chi connectivity index (χ1) is 6.66. The van der Waals surface area contributed by atoms with E-state index >= 15 is 0 Å². The molecule has 1 aromatic carbocycles. The number of benzene rings is 1. The molecule has 3 heteroatoms. The monoisotopic (exact) mass is 259 g/mol. The third kappa shape index (κ3) is 2.79. The highest BCUT2D eigenvalue weighted by molar-refractivity contribution is 9.10. The SMILES string of the molecule is Cc1ccc(CCCCN)c(Br)c1F. The summed E-state index contributed by atoms with van der Waals surface area (Å²) in [6, 6.07) is 3.79. The third-order valence-electron chi connectivity index (χ3n) is 2.26. The molecule has 0 radical (unpaired) electrons. The van der Waals surface area contributed by atoms with Crippen molar-refractivity contribution in [2.75, 3.05) is 6.54 Å². The van der Waals surface area contributed by atoms with Gasteiger partial charge in [0.25, 0.3) is 0 Å². The minimum absolute atomic E-state index is 0.143. The van der Waals surface area contributed by atoms with Crippen LogP contribution in [-0.2, 0) is 6.42 Å². The fourth-order valence-electron chi connectivity index (χ4n) is 1.34. The lowest BCUT2D eigenvalue weighted by molar-refractivity contribution is 0.607. The number of hydrogen-bond acceptors (Lipinski definition) is 1. The number of halogens is 2. The van der Waals surface area contributed by atoms with E-state index in [9.17, 15) is 4.39 Å². The Kier molecular flexibility index (Phi) is 4.55. The van der Waals surface area contributed by atoms with Crippen molar-refractivity contribution in [1.29, 1.82) is 0 Å². The van der Waals surface area contributed by atoms with Crippen molar-refractivity contribution in [3.05, 3.63) is 33.5 Å². The zero-order valence-corrected chi connectivity index (χ0v) is 9.90. The molecule has 0 aliphatic heterocycles. The molecule has 1 aromatic rings. The van der Waals surface area contributed by atoms with Crippen LogP contribution in [0, 0.1) is 12.7 Å². The van der Waals surface area contributed by atoms with Crippen LogP contribution in [0.1, 0.15) is 24.0 Å². The molecule has 0 saturated heterocycles. The average Bonchev–Trinajstić information content (AvgIpc) is 2.18. The molecule has 0 aliphatic carbocycles. The smallest absolute Gasteiger partial charge is 0.140 e. The Balaban J connectivity index is 2.73. The summed E-state index contributed by atoms with van der Waals surface area (Å²) in [5, 5.41) is 0. The molecular formula is C11H15BrFN. The van der Waals surface area contributed by atoms with Crippen LogP contribution in [0.15, 0.2) is 16.6 Å². The fraction of sp³-hybridized carbons (Fsp3) is 0.455. The number of rotatable bonds is 4. The maximum absolute atomic E-state index is 13.4. The summed E-state index contributed by atoms with van der Waals surface area (Å²) in [6.07, 6.45) is 2.88. The molecule has 2 N–H and O–H groups in total. The lowest BCUT2D eigenvalue weighted by atomic mass is 10.1. The molecular weight excluding hydrogens is 245 g/mol. The Morgan fingerprint density at radius 3 is 2.71 bits per heavy atom. The molecule has 78 valence electrons. The molecule has 0 heterocycles. The maximum atomic E-state index is 13.4. The van der Waals surface area contributed by atoms with Crippen LogP contribution in [0.2, 0.25) is 0 Å². The van der Waals surface area contributed by atoms with E-state index in [2.05, 4.69) is 15.9 Å². The van der Waals surface area contributed by atoms with Crippen LogP contribution in [-0.4, -0.2) is 6.54 Å². The first kappa shape index (κ1) is 11.7. The van der Waals surface area contributed by atoms with Crippen molar-refractivity contribution in [2.24, 2.45) is 5.73 Å². The van der Waals surface area contributed by atoms with Gasteiger partial charge in [-0.15, -0.1) is 0 Å². The van der Waals surface area contributed by atoms with Crippen LogP contribution in [0.4, 0.5) is 4.39 Å². The van der Waals surface area contributed by atoms with Gasteiger partial charge in [-0.2, -0.15) is 0 Å². The summed E-state index contributed by atoms with van der Waals surface area (Å²) in [5.41, 5.74) is 7.11. The Hall–Kier alpha value is -0.410. The van der Waals surface area contributed by atoms with E-state index in [0.29, 0.717) is 16.6 Å². The van der Waals surface area contributed by atoms with Crippen LogP contribution < -0.4 is 5.73 Å². The highest BCUT2D eigenvalue weighted by atomic mass is 79.9. The van der Waals surface area contributed by atoms with Crippen LogP contribution in [0.3, 0.4) is 0 Å². The summed E-state index contributed by atoms with van der Waals surface area (Å²) in [4.78, 5) is 0. The molecule has 1 rings (SSSR count). The van der Waals surface area contributed by atoms with E-state index in [1.165, 1.54) is 0 Å². The van der Waals surface area contributed by atoms with Gasteiger partial charge in [0.15, 0.2) is 0 Å². The highest BCUT2D eigenvalue weighted by Crippen LogP contribution is 2.24. The van der Waals surface area contributed by atoms with Crippen molar-refractivity contribution in [3.8, 4) is 0 Å². The minimum atomic E-state index is -0.143. The number of aryl methyl sites for hydroxylation is 2. The third-order valence-corrected chi connectivity index (χ3v) is 3.11. The molecule has 0 aromatic heterocycles. The van der Waals surface area contributed by atoms with Gasteiger partial charge in [-0.1, -0.05) is 12.1 Å². The molecule has 0 aliphatic rings. The molecule has 0 saturated carbocycles. The van der Waals surface area contributed by atoms with E-state index in [0.717, 1.165) is 24.8 Å². The van der Waals surface area contributed by atoms with E-state index in [4.69, 9.17) is 5.73 Å². The van der Waals surface area contributed by atoms with Crippen molar-refractivity contribution in [2.45, 2.75) is 26.2 Å². The van der Waals surface area contributed by atoms with Crippen molar-refractivity contribution in [3.63, 3.8) is 0 Å². The second kappa shape index (κ2) is 5.47. The van der Waals surface area contributed by atoms with Gasteiger partial charge in [0.1, 0.15) is 5.82 Å². The second-order valence-electron chi connectivity index (χ2n) is 3.42. The van der Waals surface area contributed by atoms with Gasteiger partial charge in [0.2, 0.25) is 0 Å². The lowest BCUT2D eigenvalue weighted by Gasteiger charge is -2.06. The number of nitrogens with two attached hydrogens (primary N) is 1. The van der Waals surface area contributed by atoms with E-state index in [-0.39, 0.29) is 5.82 Å². The van der Waals surface area contributed by atoms with Gasteiger partial charge in [0.05, 0.1) is 4.47 Å². The molecule has 0 bridgehead atoms. The van der Waals surface area contributed by atoms with Gasteiger partial charge in [-0.3, -0.25) is 0 Å². The summed E-state index contributed by atoms with van der Waals surface area (Å²) < 4.78 is 14.0. The van der Waals surface area contributed by atoms with E-state index in [1.54, 1.807) is 6.92 Å². The zero-order chi connectivity index (χ0) is 10.6. The van der Waals surface area contributed by atoms with Gasteiger partial charge >= 0.3 is 0 Å². The first-order valence-corrected chi connectivity index (χ1v) is 5.59. The summed E-state index contributed by atoms with van der Waals surface area (Å²) >= 11 is 3.28. The van der Waals surface area contributed by atoms with Gasteiger partial charge < -0.3 is 5.73 Å². The average molecular weight is 260 g/mol. The molecule has 0 amide bonds. The number of hydrogen-bond donors (Lipinski definition) is 1. The Bertz CT molecular complexity index is 312. The quantitative estimate of drug-likeness (QED) is 0.827. The maximum Gasteiger partial charge on any atom is 0.140 e. The van der Waals surface area contributed by atoms with Crippen molar-refractivity contribution >= 4 is 15.9 Å². The summed E-state index contributed by atoms with van der Waals surface area (Å²) in [7, 11) is 0. The Labute approximate surface area is 92.6 Å². The van der Waals surface area contributed by atoms with Gasteiger partial charge in [-0.25, -0.2) is 4.39 Å². The van der Waals surface area contributed by atoms with E-state index < -0.39 is 0 Å². The van der Waals surface area contributed by atoms with Gasteiger partial charge in [-0.05, 0) is 59.8 Å². The standard InChI is InChI=1S/C11H15BrFN/c1-8-5-6-9(4-2-3-7-14)10(12)11(8)13/h5-6H,2-4,7,14H2,1H3. The molecule has 0 atom stereocenters. The number of unbranched alkanes of at least 4 members (excludes halogenated alkanes) is 1. The molecule has 0 spiro atoms. The van der Waals surface area contributed by atoms with Crippen molar-refractivity contribution < 1.29 is 4.39 Å². The topological polar surface area (TPSA) is 26.0 Å². The lowest BCUT2D eigenvalue weighted by Crippen LogP contribution is -2.00. The summed E-state index contributed by atoms with van der Waals surface area (Å²) in [6.45, 7) is 2.47. The van der Waals surface area contributed by atoms with E-state index in [1.807, 2.05) is 12.1 Å². The predicted molar refractivity (Wildman–Crippen MR) is 60.8 cm³/mol. The highest BCUT2D eigenvalue weighted by Gasteiger charge is 2.07.